The molecular weight excluding hydrogens is 547 g/mol. The van der Waals surface area contributed by atoms with Crippen LogP contribution in [0.4, 0.5) is 15.8 Å². The average Bonchev–Trinajstić information content (AvgIpc) is 3.46. The Morgan fingerprint density at radius 3 is 2.42 bits per heavy atom. The topological polar surface area (TPSA) is 92.6 Å². The van der Waals surface area contributed by atoms with Gasteiger partial charge in [0.05, 0.1) is 18.7 Å². The Kier molecular flexibility index (Phi) is 8.37. The van der Waals surface area contributed by atoms with Crippen LogP contribution in [0.2, 0.25) is 0 Å². The number of halogens is 1. The predicted molar refractivity (Wildman–Crippen MR) is 162 cm³/mol. The van der Waals surface area contributed by atoms with Crippen molar-refractivity contribution in [1.82, 2.24) is 20.3 Å². The molecule has 2 amide bonds. The van der Waals surface area contributed by atoms with E-state index in [-0.39, 0.29) is 18.8 Å². The standard InChI is InChI=1S/C33H31FN6O3/c34-26-9-6-10-28(21-26)40(31(41)23-39-30-12-5-4-11-29(30)36-37-39)32(33(42)35-22-24-7-2-1-3-8-24)25-13-15-27(16-14-25)38-17-19-43-20-18-38/h1-16,21,32H,17-20,22-23H2,(H,35,42)/t32-/m0/s1. The summed E-state index contributed by atoms with van der Waals surface area (Å²) in [6, 6.07) is 29.0. The summed E-state index contributed by atoms with van der Waals surface area (Å²) in [5.41, 5.74) is 4.07. The van der Waals surface area contributed by atoms with Crippen LogP contribution < -0.4 is 15.1 Å². The first-order valence-corrected chi connectivity index (χ1v) is 14.2. The van der Waals surface area contributed by atoms with Crippen LogP contribution >= 0.6 is 0 Å². The molecule has 10 heteroatoms. The third-order valence-corrected chi connectivity index (χ3v) is 7.46. The van der Waals surface area contributed by atoms with Crippen LogP contribution in [-0.2, 0) is 27.4 Å². The van der Waals surface area contributed by atoms with Crippen LogP contribution in [-0.4, -0.2) is 53.1 Å². The smallest absolute Gasteiger partial charge is 0.249 e. The molecule has 1 aromatic heterocycles. The lowest BCUT2D eigenvalue weighted by atomic mass is 10.0. The van der Waals surface area contributed by atoms with E-state index >= 15 is 0 Å². The highest BCUT2D eigenvalue weighted by molar-refractivity contribution is 6.01. The Labute approximate surface area is 248 Å². The number of para-hydroxylation sites is 1. The van der Waals surface area contributed by atoms with Gasteiger partial charge in [-0.2, -0.15) is 0 Å². The van der Waals surface area contributed by atoms with Crippen molar-refractivity contribution in [2.75, 3.05) is 36.1 Å². The molecule has 6 rings (SSSR count). The number of hydrogen-bond donors (Lipinski definition) is 1. The van der Waals surface area contributed by atoms with Gasteiger partial charge < -0.3 is 15.0 Å². The Hall–Kier alpha value is -5.09. The molecule has 0 spiro atoms. The van der Waals surface area contributed by atoms with Gasteiger partial charge in [-0.3, -0.25) is 14.5 Å². The zero-order valence-electron chi connectivity index (χ0n) is 23.5. The van der Waals surface area contributed by atoms with Gasteiger partial charge in [-0.05, 0) is 53.6 Å². The van der Waals surface area contributed by atoms with Crippen LogP contribution in [0.25, 0.3) is 11.0 Å². The highest BCUT2D eigenvalue weighted by Crippen LogP contribution is 2.31. The summed E-state index contributed by atoms with van der Waals surface area (Å²) in [7, 11) is 0. The highest BCUT2D eigenvalue weighted by Gasteiger charge is 2.33. The van der Waals surface area contributed by atoms with Crippen molar-refractivity contribution >= 4 is 34.2 Å². The number of nitrogens with one attached hydrogen (secondary N) is 1. The summed E-state index contributed by atoms with van der Waals surface area (Å²) in [6.45, 7) is 2.88. The molecule has 1 fully saturated rings. The number of carbonyl (C=O) groups excluding carboxylic acids is 2. The van der Waals surface area contributed by atoms with E-state index in [1.54, 1.807) is 6.07 Å². The molecule has 1 N–H and O–H groups in total. The molecular formula is C33H31FN6O3. The van der Waals surface area contributed by atoms with Gasteiger partial charge in [0.25, 0.3) is 0 Å². The van der Waals surface area contributed by atoms with Gasteiger partial charge in [0.15, 0.2) is 0 Å². The average molecular weight is 579 g/mol. The number of aromatic nitrogens is 3. The van der Waals surface area contributed by atoms with E-state index in [0.29, 0.717) is 29.8 Å². The van der Waals surface area contributed by atoms with Gasteiger partial charge in [-0.15, -0.1) is 5.10 Å². The first-order valence-electron chi connectivity index (χ1n) is 14.2. The summed E-state index contributed by atoms with van der Waals surface area (Å²) < 4.78 is 21.6. The number of ether oxygens (including phenoxy) is 1. The summed E-state index contributed by atoms with van der Waals surface area (Å²) in [5.74, 6) is -1.37. The minimum Gasteiger partial charge on any atom is -0.378 e. The number of fused-ring (bicyclic) bond motifs is 1. The Morgan fingerprint density at radius 2 is 1.65 bits per heavy atom. The predicted octanol–water partition coefficient (Wildman–Crippen LogP) is 4.50. The zero-order valence-corrected chi connectivity index (χ0v) is 23.5. The van der Waals surface area contributed by atoms with E-state index < -0.39 is 23.7 Å². The van der Waals surface area contributed by atoms with Crippen molar-refractivity contribution in [2.45, 2.75) is 19.1 Å². The minimum atomic E-state index is -1.09. The molecule has 1 saturated heterocycles. The summed E-state index contributed by atoms with van der Waals surface area (Å²) >= 11 is 0. The molecule has 0 bridgehead atoms. The second-order valence-electron chi connectivity index (χ2n) is 10.3. The maximum absolute atomic E-state index is 14.6. The first-order chi connectivity index (χ1) is 21.1. The van der Waals surface area contributed by atoms with Gasteiger partial charge in [0.1, 0.15) is 23.9 Å². The molecule has 0 aliphatic carbocycles. The lowest BCUT2D eigenvalue weighted by molar-refractivity contribution is -0.127. The molecule has 5 aromatic rings. The lowest BCUT2D eigenvalue weighted by Crippen LogP contribution is -2.45. The highest BCUT2D eigenvalue weighted by atomic mass is 19.1. The van der Waals surface area contributed by atoms with E-state index in [1.807, 2.05) is 78.9 Å². The first kappa shape index (κ1) is 28.0. The van der Waals surface area contributed by atoms with Crippen molar-refractivity contribution in [3.05, 3.63) is 120 Å². The number of carbonyl (C=O) groups is 2. The molecule has 0 saturated carbocycles. The third kappa shape index (κ3) is 6.39. The molecule has 9 nitrogen and oxygen atoms in total. The maximum atomic E-state index is 14.6. The second-order valence-corrected chi connectivity index (χ2v) is 10.3. The Bertz CT molecular complexity index is 1700. The maximum Gasteiger partial charge on any atom is 0.249 e. The van der Waals surface area contributed by atoms with Gasteiger partial charge in [0, 0.05) is 31.0 Å². The molecule has 1 aliphatic rings. The Morgan fingerprint density at radius 1 is 0.907 bits per heavy atom. The molecule has 4 aromatic carbocycles. The van der Waals surface area contributed by atoms with Gasteiger partial charge in [-0.1, -0.05) is 65.9 Å². The fourth-order valence-electron chi connectivity index (χ4n) is 5.29. The quantitative estimate of drug-likeness (QED) is 0.277. The molecule has 43 heavy (non-hydrogen) atoms. The number of hydrogen-bond acceptors (Lipinski definition) is 6. The van der Waals surface area contributed by atoms with Crippen molar-refractivity contribution in [2.24, 2.45) is 0 Å². The number of benzene rings is 4. The van der Waals surface area contributed by atoms with Crippen molar-refractivity contribution in [3.8, 4) is 0 Å². The van der Waals surface area contributed by atoms with Gasteiger partial charge >= 0.3 is 0 Å². The van der Waals surface area contributed by atoms with E-state index in [9.17, 15) is 14.0 Å². The molecule has 1 atom stereocenters. The minimum absolute atomic E-state index is 0.203. The normalized spacial score (nSPS) is 13.9. The van der Waals surface area contributed by atoms with Crippen LogP contribution in [0.5, 0.6) is 0 Å². The van der Waals surface area contributed by atoms with Crippen LogP contribution in [0, 0.1) is 5.82 Å². The van der Waals surface area contributed by atoms with Crippen LogP contribution in [0.3, 0.4) is 0 Å². The summed E-state index contributed by atoms with van der Waals surface area (Å²) in [5, 5.41) is 11.3. The van der Waals surface area contributed by atoms with Gasteiger partial charge in [0.2, 0.25) is 11.8 Å². The second kappa shape index (κ2) is 12.8. The van der Waals surface area contributed by atoms with Gasteiger partial charge in [-0.25, -0.2) is 9.07 Å². The van der Waals surface area contributed by atoms with E-state index in [4.69, 9.17) is 4.74 Å². The molecule has 1 aliphatic heterocycles. The number of anilines is 2. The lowest BCUT2D eigenvalue weighted by Gasteiger charge is -2.32. The van der Waals surface area contributed by atoms with Crippen molar-refractivity contribution in [1.29, 1.82) is 0 Å². The number of morpholine rings is 1. The largest absolute Gasteiger partial charge is 0.378 e. The number of amides is 2. The van der Waals surface area contributed by atoms with E-state index in [1.165, 1.54) is 27.8 Å². The fraction of sp³-hybridized carbons (Fsp3) is 0.212. The number of rotatable bonds is 9. The van der Waals surface area contributed by atoms with Crippen LogP contribution in [0.1, 0.15) is 17.2 Å². The monoisotopic (exact) mass is 578 g/mol. The summed E-state index contributed by atoms with van der Waals surface area (Å²) in [4.78, 5) is 31.8. The molecule has 218 valence electrons. The SMILES string of the molecule is O=C(NCc1ccccc1)[C@H](c1ccc(N2CCOCC2)cc1)N(C(=O)Cn1nnc2ccccc21)c1cccc(F)c1. The summed E-state index contributed by atoms with van der Waals surface area (Å²) in [6.07, 6.45) is 0. The Balaban J connectivity index is 1.38. The van der Waals surface area contributed by atoms with E-state index in [2.05, 4.69) is 20.5 Å². The molecule has 2 heterocycles. The fourth-order valence-corrected chi connectivity index (χ4v) is 5.29. The molecule has 0 radical (unpaired) electrons. The van der Waals surface area contributed by atoms with Crippen molar-refractivity contribution in [3.63, 3.8) is 0 Å². The van der Waals surface area contributed by atoms with Crippen LogP contribution in [0.15, 0.2) is 103 Å². The van der Waals surface area contributed by atoms with Crippen molar-refractivity contribution < 1.29 is 18.7 Å². The van der Waals surface area contributed by atoms with E-state index in [0.717, 1.165) is 24.3 Å². The number of nitrogens with zero attached hydrogens (tertiary/aromatic N) is 5. The third-order valence-electron chi connectivity index (χ3n) is 7.46. The zero-order chi connectivity index (χ0) is 29.6. The molecule has 0 unspecified atom stereocenters.